The van der Waals surface area contributed by atoms with Gasteiger partial charge in [-0.15, -0.1) is 0 Å². The normalized spacial score (nSPS) is 15.0. The summed E-state index contributed by atoms with van der Waals surface area (Å²) in [6.45, 7) is 0.740. The number of nitrogens with zero attached hydrogens (tertiary/aromatic N) is 1. The third-order valence-electron chi connectivity index (χ3n) is 0.825. The van der Waals surface area contributed by atoms with E-state index < -0.39 is 10.6 Å². The Morgan fingerprint density at radius 2 is 1.90 bits per heavy atom. The highest BCUT2D eigenvalue weighted by molar-refractivity contribution is 8.26. The average molecular weight is 165 g/mol. The predicted octanol–water partition coefficient (Wildman–Crippen LogP) is 1.44. The molecule has 0 aliphatic rings. The zero-order chi connectivity index (χ0) is 8.20. The fourth-order valence-electron chi connectivity index (χ4n) is 0.436. The maximum absolute atomic E-state index is 8.86. The van der Waals surface area contributed by atoms with E-state index in [1.807, 2.05) is 19.0 Å². The number of hydrogen-bond donors (Lipinski definition) is 2. The van der Waals surface area contributed by atoms with Crippen molar-refractivity contribution >= 4 is 10.6 Å². The van der Waals surface area contributed by atoms with E-state index >= 15 is 0 Å². The van der Waals surface area contributed by atoms with Crippen molar-refractivity contribution < 1.29 is 9.11 Å². The Balaban J connectivity index is 3.57. The van der Waals surface area contributed by atoms with Crippen LogP contribution in [0, 0.1) is 0 Å². The van der Waals surface area contributed by atoms with Gasteiger partial charge in [-0.05, 0) is 14.1 Å². The highest BCUT2D eigenvalue weighted by atomic mass is 32.3. The van der Waals surface area contributed by atoms with Crippen LogP contribution in [-0.2, 0) is 0 Å². The summed E-state index contributed by atoms with van der Waals surface area (Å²) in [5, 5.41) is 1.44. The molecule has 2 N–H and O–H groups in total. The Labute approximate surface area is 63.7 Å². The van der Waals surface area contributed by atoms with Gasteiger partial charge in [-0.3, -0.25) is 9.11 Å². The minimum Gasteiger partial charge on any atom is -0.306 e. The molecule has 0 atom stereocenters. The average Bonchev–Trinajstić information content (AvgIpc) is 1.59. The Morgan fingerprint density at radius 1 is 1.40 bits per heavy atom. The lowest BCUT2D eigenvalue weighted by atomic mass is 10.6. The molecule has 62 valence electrons. The van der Waals surface area contributed by atoms with Crippen molar-refractivity contribution in [3.05, 3.63) is 11.5 Å². The summed E-state index contributed by atoms with van der Waals surface area (Å²) >= 11 is 0. The molecule has 0 bridgehead atoms. The maximum atomic E-state index is 8.86. The second kappa shape index (κ2) is 3.98. The van der Waals surface area contributed by atoms with Gasteiger partial charge in [0.15, 0.2) is 0 Å². The molecule has 0 aromatic heterocycles. The minimum absolute atomic E-state index is 0.740. The van der Waals surface area contributed by atoms with Gasteiger partial charge in [0, 0.05) is 18.2 Å². The largest absolute Gasteiger partial charge is 0.306 e. The summed E-state index contributed by atoms with van der Waals surface area (Å²) in [6.07, 6.45) is 3.15. The maximum Gasteiger partial charge on any atom is 0.0305 e. The molecule has 0 fully saturated rings. The van der Waals surface area contributed by atoms with Crippen molar-refractivity contribution in [2.75, 3.05) is 26.9 Å². The second-order valence-electron chi connectivity index (χ2n) is 2.53. The first-order valence-electron chi connectivity index (χ1n) is 2.96. The molecule has 0 aliphatic heterocycles. The molecule has 0 rings (SSSR count). The third kappa shape index (κ3) is 7.97. The van der Waals surface area contributed by atoms with E-state index in [4.69, 9.17) is 9.11 Å². The van der Waals surface area contributed by atoms with Gasteiger partial charge in [0.1, 0.15) is 0 Å². The first kappa shape index (κ1) is 9.97. The van der Waals surface area contributed by atoms with Crippen LogP contribution in [0.3, 0.4) is 0 Å². The van der Waals surface area contributed by atoms with E-state index in [2.05, 4.69) is 0 Å². The molecule has 0 aromatic rings. The van der Waals surface area contributed by atoms with Crippen LogP contribution in [0.5, 0.6) is 0 Å². The molecule has 0 aliphatic carbocycles. The van der Waals surface area contributed by atoms with Crippen LogP contribution >= 0.6 is 10.6 Å². The molecule has 0 saturated heterocycles. The summed E-state index contributed by atoms with van der Waals surface area (Å²) in [6, 6.07) is 0. The Kier molecular flexibility index (Phi) is 3.96. The lowest BCUT2D eigenvalue weighted by molar-refractivity contribution is 0.456. The van der Waals surface area contributed by atoms with Crippen molar-refractivity contribution in [3.63, 3.8) is 0 Å². The van der Waals surface area contributed by atoms with Crippen LogP contribution in [0.4, 0.5) is 0 Å². The fourth-order valence-corrected chi connectivity index (χ4v) is 0.887. The Morgan fingerprint density at radius 3 is 2.20 bits per heavy atom. The summed E-state index contributed by atoms with van der Waals surface area (Å²) < 4.78 is 17.7. The van der Waals surface area contributed by atoms with Gasteiger partial charge in [0.25, 0.3) is 0 Å². The summed E-state index contributed by atoms with van der Waals surface area (Å²) in [7, 11) is 1.42. The minimum atomic E-state index is -2.43. The molecule has 0 radical (unpaired) electrons. The Bertz CT molecular complexity index is 117. The molecule has 10 heavy (non-hydrogen) atoms. The number of hydrogen-bond acceptors (Lipinski definition) is 3. The van der Waals surface area contributed by atoms with Crippen LogP contribution < -0.4 is 0 Å². The van der Waals surface area contributed by atoms with E-state index in [9.17, 15) is 0 Å². The molecule has 0 heterocycles. The number of rotatable bonds is 3. The summed E-state index contributed by atoms with van der Waals surface area (Å²) in [5.74, 6) is 0. The third-order valence-corrected chi connectivity index (χ3v) is 1.53. The van der Waals surface area contributed by atoms with Crippen molar-refractivity contribution in [1.82, 2.24) is 4.90 Å². The lowest BCUT2D eigenvalue weighted by Crippen LogP contribution is -2.10. The van der Waals surface area contributed by atoms with Gasteiger partial charge in [-0.1, -0.05) is 6.08 Å². The predicted molar refractivity (Wildman–Crippen MR) is 46.5 cm³/mol. The molecule has 0 amide bonds. The smallest absolute Gasteiger partial charge is 0.0305 e. The molecule has 0 spiro atoms. The van der Waals surface area contributed by atoms with Gasteiger partial charge < -0.3 is 4.90 Å². The molecular formula is C6H15NO2S. The van der Waals surface area contributed by atoms with Gasteiger partial charge in [-0.25, -0.2) is 0 Å². The van der Waals surface area contributed by atoms with Crippen LogP contribution in [0.25, 0.3) is 0 Å². The van der Waals surface area contributed by atoms with Crippen LogP contribution in [0.15, 0.2) is 11.5 Å². The van der Waals surface area contributed by atoms with Crippen LogP contribution in [0.1, 0.15) is 0 Å². The quantitative estimate of drug-likeness (QED) is 0.665. The van der Waals surface area contributed by atoms with E-state index in [0.717, 1.165) is 6.54 Å². The van der Waals surface area contributed by atoms with Gasteiger partial charge in [0.2, 0.25) is 0 Å². The molecule has 4 heteroatoms. The first-order valence-corrected chi connectivity index (χ1v) is 4.98. The molecule has 0 saturated carbocycles. The summed E-state index contributed by atoms with van der Waals surface area (Å²) in [5.41, 5.74) is 0. The van der Waals surface area contributed by atoms with Crippen molar-refractivity contribution in [2.45, 2.75) is 0 Å². The van der Waals surface area contributed by atoms with Crippen LogP contribution in [0.2, 0.25) is 0 Å². The molecule has 0 unspecified atom stereocenters. The van der Waals surface area contributed by atoms with Gasteiger partial charge >= 0.3 is 0 Å². The fraction of sp³-hybridized carbons (Fsp3) is 0.667. The first-order chi connectivity index (χ1) is 4.42. The number of likely N-dealkylation sites (N-methyl/N-ethyl adjacent to an activating group) is 1. The second-order valence-corrected chi connectivity index (χ2v) is 4.59. The van der Waals surface area contributed by atoms with Crippen molar-refractivity contribution in [2.24, 2.45) is 0 Å². The topological polar surface area (TPSA) is 43.7 Å². The van der Waals surface area contributed by atoms with Crippen molar-refractivity contribution in [3.8, 4) is 0 Å². The summed E-state index contributed by atoms with van der Waals surface area (Å²) in [4.78, 5) is 1.95. The van der Waals surface area contributed by atoms with Gasteiger partial charge in [0.05, 0.1) is 0 Å². The molecule has 3 nitrogen and oxygen atoms in total. The van der Waals surface area contributed by atoms with Crippen molar-refractivity contribution in [1.29, 1.82) is 0 Å². The van der Waals surface area contributed by atoms with E-state index in [1.54, 1.807) is 6.08 Å². The molecular weight excluding hydrogens is 150 g/mol. The van der Waals surface area contributed by atoms with Crippen LogP contribution in [-0.4, -0.2) is 40.9 Å². The van der Waals surface area contributed by atoms with E-state index in [0.29, 0.717) is 0 Å². The zero-order valence-electron chi connectivity index (χ0n) is 6.61. The van der Waals surface area contributed by atoms with E-state index in [-0.39, 0.29) is 0 Å². The highest BCUT2D eigenvalue weighted by Gasteiger charge is 1.94. The zero-order valence-corrected chi connectivity index (χ0v) is 7.43. The SMILES string of the molecule is CN(C)C/C=C/S(C)(O)O. The lowest BCUT2D eigenvalue weighted by Gasteiger charge is -2.21. The monoisotopic (exact) mass is 165 g/mol. The van der Waals surface area contributed by atoms with E-state index in [1.165, 1.54) is 11.7 Å². The standard InChI is InChI=1S/C6H15NO2S/c1-7(2)5-4-6-10(3,8)9/h4,6,8-9H,5H2,1-3H3/b6-4+. The highest BCUT2D eigenvalue weighted by Crippen LogP contribution is 2.34. The van der Waals surface area contributed by atoms with Gasteiger partial charge in [-0.2, -0.15) is 10.6 Å². The Hall–Kier alpha value is -0.0300. The molecule has 0 aromatic carbocycles.